The molecule has 0 spiro atoms. The van der Waals surface area contributed by atoms with Gasteiger partial charge >= 0.3 is 0 Å². The van der Waals surface area contributed by atoms with E-state index >= 15 is 0 Å². The lowest BCUT2D eigenvalue weighted by Gasteiger charge is -2.56. The molecule has 4 bridgehead atoms. The number of nitrogens with two attached hydrogens (primary N) is 1. The van der Waals surface area contributed by atoms with Crippen LogP contribution in [0.25, 0.3) is 0 Å². The van der Waals surface area contributed by atoms with Crippen molar-refractivity contribution in [3.05, 3.63) is 0 Å². The van der Waals surface area contributed by atoms with E-state index in [1.165, 1.54) is 38.5 Å². The minimum atomic E-state index is 0. The van der Waals surface area contributed by atoms with Crippen molar-refractivity contribution in [3.8, 4) is 0 Å². The minimum absolute atomic E-state index is 0. The minimum Gasteiger partial charge on any atom is -0.352 e. The van der Waals surface area contributed by atoms with Crippen molar-refractivity contribution < 1.29 is 4.79 Å². The second-order valence-electron chi connectivity index (χ2n) is 7.30. The lowest BCUT2D eigenvalue weighted by atomic mass is 9.49. The highest BCUT2D eigenvalue weighted by molar-refractivity contribution is 5.85. The van der Waals surface area contributed by atoms with Crippen LogP contribution >= 0.6 is 12.4 Å². The standard InChI is InChI=1S/C15H26N2O.ClH/c1-10(9-16)17-14(18)8-15-5-11-2-12(6-15)4-13(3-11)7-15;/h10-13H,2-9,16H2,1H3,(H,17,18);1H/t10-,11?,12?,13?,15?;/m1./s1. The maximum absolute atomic E-state index is 12.1. The summed E-state index contributed by atoms with van der Waals surface area (Å²) in [6.45, 7) is 2.52. The number of hydrogen-bond acceptors (Lipinski definition) is 2. The third-order valence-corrected chi connectivity index (χ3v) is 5.46. The van der Waals surface area contributed by atoms with Crippen molar-refractivity contribution in [3.63, 3.8) is 0 Å². The zero-order valence-corrected chi connectivity index (χ0v) is 12.7. The molecule has 1 atom stereocenters. The van der Waals surface area contributed by atoms with Gasteiger partial charge in [-0.25, -0.2) is 0 Å². The van der Waals surface area contributed by atoms with Gasteiger partial charge in [-0.3, -0.25) is 4.79 Å². The van der Waals surface area contributed by atoms with Gasteiger partial charge in [0.2, 0.25) is 5.91 Å². The van der Waals surface area contributed by atoms with Crippen LogP contribution in [-0.4, -0.2) is 18.5 Å². The van der Waals surface area contributed by atoms with Gasteiger partial charge in [0, 0.05) is 19.0 Å². The summed E-state index contributed by atoms with van der Waals surface area (Å²) in [5.41, 5.74) is 5.92. The third-order valence-electron chi connectivity index (χ3n) is 5.46. The van der Waals surface area contributed by atoms with Crippen LogP contribution < -0.4 is 11.1 Å². The maximum atomic E-state index is 12.1. The van der Waals surface area contributed by atoms with E-state index in [-0.39, 0.29) is 24.4 Å². The van der Waals surface area contributed by atoms with Crippen molar-refractivity contribution in [1.29, 1.82) is 0 Å². The lowest BCUT2D eigenvalue weighted by molar-refractivity contribution is -0.129. The zero-order valence-electron chi connectivity index (χ0n) is 11.9. The molecule has 0 aromatic heterocycles. The van der Waals surface area contributed by atoms with Crippen LogP contribution in [0.2, 0.25) is 0 Å². The van der Waals surface area contributed by atoms with Crippen LogP contribution in [0.15, 0.2) is 0 Å². The van der Waals surface area contributed by atoms with E-state index in [0.29, 0.717) is 12.0 Å². The monoisotopic (exact) mass is 286 g/mol. The molecule has 0 aromatic rings. The summed E-state index contributed by atoms with van der Waals surface area (Å²) in [4.78, 5) is 12.1. The average molecular weight is 287 g/mol. The van der Waals surface area contributed by atoms with Crippen molar-refractivity contribution in [2.45, 2.75) is 57.9 Å². The van der Waals surface area contributed by atoms with E-state index in [2.05, 4.69) is 5.32 Å². The van der Waals surface area contributed by atoms with E-state index < -0.39 is 0 Å². The van der Waals surface area contributed by atoms with Crippen LogP contribution in [0.1, 0.15) is 51.9 Å². The summed E-state index contributed by atoms with van der Waals surface area (Å²) in [6, 6.07) is 0.117. The first-order valence-corrected chi connectivity index (χ1v) is 7.58. The van der Waals surface area contributed by atoms with Crippen molar-refractivity contribution in [2.24, 2.45) is 28.9 Å². The van der Waals surface area contributed by atoms with Crippen molar-refractivity contribution in [1.82, 2.24) is 5.32 Å². The second-order valence-corrected chi connectivity index (χ2v) is 7.30. The fraction of sp³-hybridized carbons (Fsp3) is 0.933. The maximum Gasteiger partial charge on any atom is 0.220 e. The summed E-state index contributed by atoms with van der Waals surface area (Å²) in [6.07, 6.45) is 9.01. The summed E-state index contributed by atoms with van der Waals surface area (Å²) in [5, 5.41) is 3.04. The van der Waals surface area contributed by atoms with Gasteiger partial charge in [0.25, 0.3) is 0 Å². The molecule has 4 saturated carbocycles. The summed E-state index contributed by atoms with van der Waals surface area (Å²) >= 11 is 0. The Kier molecular flexibility index (Phi) is 4.46. The number of rotatable bonds is 4. The number of halogens is 1. The normalized spacial score (nSPS) is 40.6. The molecule has 0 aliphatic heterocycles. The Hall–Kier alpha value is -0.280. The molecule has 0 aromatic carbocycles. The molecule has 4 fully saturated rings. The van der Waals surface area contributed by atoms with Crippen LogP contribution in [0.3, 0.4) is 0 Å². The molecule has 0 unspecified atom stereocenters. The molecular formula is C15H27ClN2O. The summed E-state index contributed by atoms with van der Waals surface area (Å²) < 4.78 is 0. The zero-order chi connectivity index (χ0) is 12.8. The number of carbonyl (C=O) groups is 1. The van der Waals surface area contributed by atoms with Crippen molar-refractivity contribution >= 4 is 18.3 Å². The summed E-state index contributed by atoms with van der Waals surface area (Å²) in [7, 11) is 0. The Labute approximate surface area is 122 Å². The molecule has 4 aliphatic carbocycles. The fourth-order valence-corrected chi connectivity index (χ4v) is 5.23. The van der Waals surface area contributed by atoms with E-state index in [1.807, 2.05) is 6.92 Å². The largest absolute Gasteiger partial charge is 0.352 e. The number of amides is 1. The molecule has 110 valence electrons. The quantitative estimate of drug-likeness (QED) is 0.834. The molecule has 3 N–H and O–H groups in total. The average Bonchev–Trinajstić information content (AvgIpc) is 2.25. The molecule has 0 saturated heterocycles. The van der Waals surface area contributed by atoms with E-state index in [1.54, 1.807) is 0 Å². The van der Waals surface area contributed by atoms with Gasteiger partial charge in [-0.05, 0) is 68.6 Å². The smallest absolute Gasteiger partial charge is 0.220 e. The molecule has 19 heavy (non-hydrogen) atoms. The highest BCUT2D eigenvalue weighted by Crippen LogP contribution is 2.61. The molecule has 4 rings (SSSR count). The van der Waals surface area contributed by atoms with E-state index in [0.717, 1.165) is 24.2 Å². The molecule has 0 heterocycles. The Bertz CT molecular complexity index is 310. The van der Waals surface area contributed by atoms with Gasteiger partial charge in [-0.2, -0.15) is 0 Å². The predicted octanol–water partition coefficient (Wildman–Crippen LogP) is 2.48. The van der Waals surface area contributed by atoms with E-state index in [4.69, 9.17) is 5.73 Å². The summed E-state index contributed by atoms with van der Waals surface area (Å²) in [5.74, 6) is 3.01. The van der Waals surface area contributed by atoms with Crippen LogP contribution in [0, 0.1) is 23.2 Å². The predicted molar refractivity (Wildman–Crippen MR) is 79.1 cm³/mol. The molecule has 4 aliphatic rings. The molecule has 1 amide bonds. The van der Waals surface area contributed by atoms with Crippen LogP contribution in [0.5, 0.6) is 0 Å². The first kappa shape index (κ1) is 15.1. The van der Waals surface area contributed by atoms with Gasteiger partial charge in [-0.1, -0.05) is 0 Å². The van der Waals surface area contributed by atoms with Gasteiger partial charge in [0.15, 0.2) is 0 Å². The van der Waals surface area contributed by atoms with E-state index in [9.17, 15) is 4.79 Å². The number of hydrogen-bond donors (Lipinski definition) is 2. The first-order chi connectivity index (χ1) is 8.58. The third kappa shape index (κ3) is 3.08. The first-order valence-electron chi connectivity index (χ1n) is 7.58. The highest BCUT2D eigenvalue weighted by Gasteiger charge is 2.51. The molecule has 4 heteroatoms. The Morgan fingerprint density at radius 3 is 2.11 bits per heavy atom. The van der Waals surface area contributed by atoms with Gasteiger partial charge in [0.1, 0.15) is 0 Å². The van der Waals surface area contributed by atoms with Gasteiger partial charge in [0.05, 0.1) is 0 Å². The second kappa shape index (κ2) is 5.61. The number of nitrogens with one attached hydrogen (secondary N) is 1. The molecular weight excluding hydrogens is 260 g/mol. The lowest BCUT2D eigenvalue weighted by Crippen LogP contribution is -2.49. The Morgan fingerprint density at radius 2 is 1.68 bits per heavy atom. The highest BCUT2D eigenvalue weighted by atomic mass is 35.5. The van der Waals surface area contributed by atoms with Crippen molar-refractivity contribution in [2.75, 3.05) is 6.54 Å². The topological polar surface area (TPSA) is 55.1 Å². The molecule has 3 nitrogen and oxygen atoms in total. The fourth-order valence-electron chi connectivity index (χ4n) is 5.23. The van der Waals surface area contributed by atoms with Crippen LogP contribution in [-0.2, 0) is 4.79 Å². The Balaban J connectivity index is 0.00000133. The Morgan fingerprint density at radius 1 is 1.21 bits per heavy atom. The van der Waals surface area contributed by atoms with Crippen LogP contribution in [0.4, 0.5) is 0 Å². The van der Waals surface area contributed by atoms with Gasteiger partial charge in [-0.15, -0.1) is 12.4 Å². The molecule has 0 radical (unpaired) electrons. The number of carbonyl (C=O) groups excluding carboxylic acids is 1. The van der Waals surface area contributed by atoms with Gasteiger partial charge < -0.3 is 11.1 Å². The SMILES string of the molecule is C[C@H](CN)NC(=O)CC12CC3CC(CC(C3)C1)C2.Cl.